The van der Waals surface area contributed by atoms with Crippen molar-refractivity contribution in [2.45, 2.75) is 12.5 Å². The highest BCUT2D eigenvalue weighted by Crippen LogP contribution is 2.29. The quantitative estimate of drug-likeness (QED) is 0.380. The average molecular weight is 433 g/mol. The van der Waals surface area contributed by atoms with Crippen LogP contribution in [0.5, 0.6) is 0 Å². The van der Waals surface area contributed by atoms with E-state index in [9.17, 15) is 14.4 Å². The van der Waals surface area contributed by atoms with Crippen LogP contribution < -0.4 is 5.32 Å². The maximum Gasteiger partial charge on any atom is 0.324 e. The second kappa shape index (κ2) is 7.40. The van der Waals surface area contributed by atoms with Crippen LogP contribution >= 0.6 is 11.3 Å². The molecular formula is C21H15N5O4S. The van der Waals surface area contributed by atoms with Crippen LogP contribution in [0, 0.1) is 0 Å². The van der Waals surface area contributed by atoms with Crippen molar-refractivity contribution in [3.63, 3.8) is 0 Å². The Balaban J connectivity index is 1.37. The molecule has 1 N–H and O–H groups in total. The van der Waals surface area contributed by atoms with Crippen LogP contribution in [-0.2, 0) is 11.2 Å². The number of carbonyl (C=O) groups excluding carboxylic acids is 3. The van der Waals surface area contributed by atoms with Crippen LogP contribution in [0.25, 0.3) is 21.3 Å². The molecule has 9 nitrogen and oxygen atoms in total. The number of amides is 3. The highest BCUT2D eigenvalue weighted by Gasteiger charge is 2.36. The van der Waals surface area contributed by atoms with Crippen molar-refractivity contribution in [2.75, 3.05) is 7.05 Å². The number of aromatic nitrogens is 3. The number of benzene rings is 2. The number of thiazole rings is 1. The fourth-order valence-electron chi connectivity index (χ4n) is 3.31. The number of hydrogen-bond acceptors (Lipinski definition) is 8. The van der Waals surface area contributed by atoms with Crippen molar-refractivity contribution in [3.05, 3.63) is 65.3 Å². The van der Waals surface area contributed by atoms with Crippen LogP contribution in [0.2, 0.25) is 0 Å². The molecule has 1 aliphatic rings. The molecule has 0 aliphatic carbocycles. The Morgan fingerprint density at radius 2 is 1.94 bits per heavy atom. The Hall–Kier alpha value is -3.92. The number of nitrogens with zero attached hydrogens (tertiary/aromatic N) is 4. The van der Waals surface area contributed by atoms with Gasteiger partial charge in [0.2, 0.25) is 5.89 Å². The van der Waals surface area contributed by atoms with Crippen molar-refractivity contribution in [3.8, 4) is 11.1 Å². The molecule has 10 heteroatoms. The smallest absolute Gasteiger partial charge is 0.324 e. The van der Waals surface area contributed by atoms with Gasteiger partial charge >= 0.3 is 6.03 Å². The van der Waals surface area contributed by atoms with Crippen molar-refractivity contribution in [1.29, 1.82) is 0 Å². The van der Waals surface area contributed by atoms with Crippen molar-refractivity contribution in [2.24, 2.45) is 0 Å². The molecule has 0 saturated carbocycles. The Kier molecular flexibility index (Phi) is 4.55. The number of carbonyl (C=O) groups is 3. The van der Waals surface area contributed by atoms with E-state index in [0.717, 1.165) is 20.7 Å². The van der Waals surface area contributed by atoms with Crippen LogP contribution in [0.1, 0.15) is 21.6 Å². The van der Waals surface area contributed by atoms with Gasteiger partial charge in [-0.25, -0.2) is 9.78 Å². The zero-order valence-electron chi connectivity index (χ0n) is 16.2. The molecule has 0 spiro atoms. The van der Waals surface area contributed by atoms with Gasteiger partial charge in [-0.3, -0.25) is 14.5 Å². The molecule has 1 fully saturated rings. The van der Waals surface area contributed by atoms with Crippen molar-refractivity contribution >= 4 is 39.3 Å². The summed E-state index contributed by atoms with van der Waals surface area (Å²) in [5.41, 5.74) is 2.81. The largest absolute Gasteiger partial charge is 0.418 e. The second-order valence-corrected chi connectivity index (χ2v) is 8.03. The summed E-state index contributed by atoms with van der Waals surface area (Å²) in [4.78, 5) is 41.7. The van der Waals surface area contributed by atoms with Crippen LogP contribution in [0.4, 0.5) is 4.79 Å². The lowest BCUT2D eigenvalue weighted by Gasteiger charge is -2.03. The summed E-state index contributed by atoms with van der Waals surface area (Å²) >= 11 is 1.25. The monoisotopic (exact) mass is 433 g/mol. The molecule has 3 heterocycles. The summed E-state index contributed by atoms with van der Waals surface area (Å²) in [6.07, 6.45) is 0.00940. The lowest BCUT2D eigenvalue weighted by atomic mass is 10.1. The number of likely N-dealkylation sites (N-methyl/N-ethyl adjacent to an activating group) is 1. The maximum atomic E-state index is 12.8. The lowest BCUT2D eigenvalue weighted by Crippen LogP contribution is -2.31. The molecule has 1 unspecified atom stereocenters. The summed E-state index contributed by atoms with van der Waals surface area (Å²) < 4.78 is 6.31. The van der Waals surface area contributed by atoms with Gasteiger partial charge in [-0.05, 0) is 23.3 Å². The highest BCUT2D eigenvalue weighted by molar-refractivity contribution is 7.20. The summed E-state index contributed by atoms with van der Waals surface area (Å²) in [5, 5.41) is 10.4. The second-order valence-electron chi connectivity index (χ2n) is 7.00. The number of urea groups is 1. The van der Waals surface area contributed by atoms with Gasteiger partial charge in [0.05, 0.1) is 16.6 Å². The SMILES string of the molecule is CN1C(=O)NC(Cc2nnc(C(=O)c3nc4ccc(-c5ccccc5)cc4s3)o2)C1=O. The van der Waals surface area contributed by atoms with Gasteiger partial charge in [0.25, 0.3) is 17.6 Å². The minimum absolute atomic E-state index is 0.00940. The van der Waals surface area contributed by atoms with Crippen LogP contribution in [-0.4, -0.2) is 50.9 Å². The van der Waals surface area contributed by atoms with Gasteiger partial charge in [-0.15, -0.1) is 21.5 Å². The van der Waals surface area contributed by atoms with Gasteiger partial charge in [-0.1, -0.05) is 36.4 Å². The first-order valence-corrected chi connectivity index (χ1v) is 10.2. The predicted octanol–water partition coefficient (Wildman–Crippen LogP) is 2.67. The predicted molar refractivity (Wildman–Crippen MR) is 112 cm³/mol. The maximum absolute atomic E-state index is 12.8. The summed E-state index contributed by atoms with van der Waals surface area (Å²) in [7, 11) is 1.39. The van der Waals surface area contributed by atoms with Crippen molar-refractivity contribution in [1.82, 2.24) is 25.4 Å². The van der Waals surface area contributed by atoms with Crippen LogP contribution in [0.3, 0.4) is 0 Å². The first-order chi connectivity index (χ1) is 15.0. The van der Waals surface area contributed by atoms with E-state index in [4.69, 9.17) is 4.42 Å². The van der Waals surface area contributed by atoms with Gasteiger partial charge in [0.1, 0.15) is 6.04 Å². The Morgan fingerprint density at radius 3 is 2.68 bits per heavy atom. The molecule has 4 aromatic rings. The Bertz CT molecular complexity index is 1330. The number of fused-ring (bicyclic) bond motifs is 1. The third-order valence-electron chi connectivity index (χ3n) is 4.96. The van der Waals surface area contributed by atoms with Gasteiger partial charge in [0, 0.05) is 7.05 Å². The molecule has 1 saturated heterocycles. The van der Waals surface area contributed by atoms with E-state index in [1.807, 2.05) is 48.5 Å². The van der Waals surface area contributed by atoms with Crippen LogP contribution in [0.15, 0.2) is 52.9 Å². The molecule has 1 aliphatic heterocycles. The first kappa shape index (κ1) is 19.1. The Labute approximate surface area is 179 Å². The minimum atomic E-state index is -0.792. The normalized spacial score (nSPS) is 16.2. The molecular weight excluding hydrogens is 418 g/mol. The molecule has 31 heavy (non-hydrogen) atoms. The van der Waals surface area contributed by atoms with E-state index >= 15 is 0 Å². The van der Waals surface area contributed by atoms with E-state index in [0.29, 0.717) is 5.52 Å². The summed E-state index contributed by atoms with van der Waals surface area (Å²) in [5.74, 6) is -0.996. The summed E-state index contributed by atoms with van der Waals surface area (Å²) in [6.45, 7) is 0. The number of hydrogen-bond donors (Lipinski definition) is 1. The molecule has 154 valence electrons. The topological polar surface area (TPSA) is 118 Å². The molecule has 1 atom stereocenters. The number of ketones is 1. The molecule has 0 radical (unpaired) electrons. The molecule has 2 aromatic carbocycles. The summed E-state index contributed by atoms with van der Waals surface area (Å²) in [6, 6.07) is 14.5. The third kappa shape index (κ3) is 3.46. The fourth-order valence-corrected chi connectivity index (χ4v) is 4.24. The van der Waals surface area contributed by atoms with E-state index < -0.39 is 23.8 Å². The minimum Gasteiger partial charge on any atom is -0.418 e. The fraction of sp³-hybridized carbons (Fsp3) is 0.143. The van der Waals surface area contributed by atoms with E-state index in [-0.39, 0.29) is 23.2 Å². The highest BCUT2D eigenvalue weighted by atomic mass is 32.1. The standard InChI is InChI=1S/C21H15N5O4S/c1-26-20(28)14(23-21(26)29)10-16-24-25-18(30-16)17(27)19-22-13-8-7-12(9-15(13)31-19)11-5-3-2-4-6-11/h2-9,14H,10H2,1H3,(H,23,29). The van der Waals surface area contributed by atoms with Gasteiger partial charge in [-0.2, -0.15) is 0 Å². The zero-order chi connectivity index (χ0) is 21.5. The van der Waals surface area contributed by atoms with E-state index in [2.05, 4.69) is 20.5 Å². The van der Waals surface area contributed by atoms with E-state index in [1.54, 1.807) is 0 Å². The third-order valence-corrected chi connectivity index (χ3v) is 5.98. The zero-order valence-corrected chi connectivity index (χ0v) is 17.0. The number of nitrogens with one attached hydrogen (secondary N) is 1. The van der Waals surface area contributed by atoms with Gasteiger partial charge in [0.15, 0.2) is 5.01 Å². The number of imide groups is 1. The van der Waals surface area contributed by atoms with Crippen molar-refractivity contribution < 1.29 is 18.8 Å². The van der Waals surface area contributed by atoms with E-state index in [1.165, 1.54) is 18.4 Å². The molecule has 2 aromatic heterocycles. The first-order valence-electron chi connectivity index (χ1n) is 9.41. The van der Waals surface area contributed by atoms with Gasteiger partial charge < -0.3 is 9.73 Å². The Morgan fingerprint density at radius 1 is 1.13 bits per heavy atom. The molecule has 3 amide bonds. The molecule has 5 rings (SSSR count). The number of rotatable bonds is 5. The molecule has 0 bridgehead atoms. The lowest BCUT2D eigenvalue weighted by molar-refractivity contribution is -0.126. The average Bonchev–Trinajstić information content (AvgIpc) is 3.49.